The molecule has 0 radical (unpaired) electrons. The maximum Gasteiger partial charge on any atom is 0.433 e. The Morgan fingerprint density at radius 1 is 1.12 bits per heavy atom. The quantitative estimate of drug-likeness (QED) is 0.353. The Morgan fingerprint density at radius 2 is 1.88 bits per heavy atom. The van der Waals surface area contributed by atoms with Crippen LogP contribution in [0.1, 0.15) is 11.3 Å². The van der Waals surface area contributed by atoms with Gasteiger partial charge in [-0.1, -0.05) is 41.1 Å². The van der Waals surface area contributed by atoms with E-state index >= 15 is 0 Å². The number of phenols is 1. The van der Waals surface area contributed by atoms with E-state index in [0.717, 1.165) is 6.20 Å². The molecule has 0 aliphatic heterocycles. The lowest BCUT2D eigenvalue weighted by atomic mass is 10.0. The van der Waals surface area contributed by atoms with Crippen molar-refractivity contribution in [3.05, 3.63) is 74.3 Å². The summed E-state index contributed by atoms with van der Waals surface area (Å²) in [7, 11) is 0. The molecule has 0 fully saturated rings. The first kappa shape index (κ1) is 22.7. The van der Waals surface area contributed by atoms with Crippen LogP contribution in [0.25, 0.3) is 27.9 Å². The highest BCUT2D eigenvalue weighted by Gasteiger charge is 2.38. The van der Waals surface area contributed by atoms with Crippen LogP contribution in [-0.2, 0) is 6.18 Å². The number of hydrogen-bond donors (Lipinski definition) is 3. The second-order valence-electron chi connectivity index (χ2n) is 6.86. The number of hydrogen-bond acceptors (Lipinski definition) is 4. The molecule has 2 aromatic carbocycles. The number of rotatable bonds is 2. The lowest BCUT2D eigenvalue weighted by Gasteiger charge is -2.08. The highest BCUT2D eigenvalue weighted by Crippen LogP contribution is 2.40. The standard InChI is InChI=1S/C22H13Cl2F3N4O2/c23-15-6-4-12(9-16(15)24)18-19(22(25,26)27)30-31-20(18)29-10-14(21(31)33)13-5-3-11(2-1-7-28)8-17(13)32/h3-6,8-10,30,32H,7,28H2. The first-order chi connectivity index (χ1) is 15.6. The molecule has 0 saturated heterocycles. The summed E-state index contributed by atoms with van der Waals surface area (Å²) in [5.41, 5.74) is 3.18. The fraction of sp³-hybridized carbons (Fsp3) is 0.0909. The minimum Gasteiger partial charge on any atom is -0.507 e. The van der Waals surface area contributed by atoms with E-state index in [9.17, 15) is 23.1 Å². The number of aromatic amines is 1. The van der Waals surface area contributed by atoms with Gasteiger partial charge in [-0.2, -0.15) is 17.7 Å². The third kappa shape index (κ3) is 4.16. The van der Waals surface area contributed by atoms with Gasteiger partial charge in [-0.15, -0.1) is 0 Å². The van der Waals surface area contributed by atoms with Gasteiger partial charge in [0.1, 0.15) is 11.4 Å². The Labute approximate surface area is 194 Å². The highest BCUT2D eigenvalue weighted by molar-refractivity contribution is 6.42. The topological polar surface area (TPSA) is 96.4 Å². The first-order valence-electron chi connectivity index (χ1n) is 9.30. The summed E-state index contributed by atoms with van der Waals surface area (Å²) in [5.74, 6) is 5.08. The van der Waals surface area contributed by atoms with Gasteiger partial charge in [-0.3, -0.25) is 9.89 Å². The van der Waals surface area contributed by atoms with Gasteiger partial charge < -0.3 is 10.8 Å². The summed E-state index contributed by atoms with van der Waals surface area (Å²) < 4.78 is 42.1. The number of benzene rings is 2. The molecule has 0 atom stereocenters. The van der Waals surface area contributed by atoms with E-state index in [1.807, 2.05) is 0 Å². The zero-order valence-electron chi connectivity index (χ0n) is 16.5. The number of phenolic OH excluding ortho intramolecular Hbond substituents is 1. The summed E-state index contributed by atoms with van der Waals surface area (Å²) in [6, 6.07) is 8.25. The summed E-state index contributed by atoms with van der Waals surface area (Å²) in [6.07, 6.45) is -3.72. The van der Waals surface area contributed by atoms with Crippen LogP contribution in [0.5, 0.6) is 5.75 Å². The summed E-state index contributed by atoms with van der Waals surface area (Å²) in [6.45, 7) is 0.125. The highest BCUT2D eigenvalue weighted by atomic mass is 35.5. The number of nitrogens with one attached hydrogen (secondary N) is 1. The number of halogens is 5. The fourth-order valence-corrected chi connectivity index (χ4v) is 3.62. The third-order valence-corrected chi connectivity index (χ3v) is 5.51. The smallest absolute Gasteiger partial charge is 0.433 e. The molecule has 2 heterocycles. The lowest BCUT2D eigenvalue weighted by Crippen LogP contribution is -2.18. The molecule has 0 unspecified atom stereocenters. The lowest BCUT2D eigenvalue weighted by molar-refractivity contribution is -0.140. The molecule has 0 saturated carbocycles. The fourth-order valence-electron chi connectivity index (χ4n) is 3.32. The molecule has 4 aromatic rings. The van der Waals surface area contributed by atoms with E-state index in [0.29, 0.717) is 10.1 Å². The van der Waals surface area contributed by atoms with Crippen LogP contribution in [0.15, 0.2) is 47.4 Å². The molecular formula is C22H13Cl2F3N4O2. The summed E-state index contributed by atoms with van der Waals surface area (Å²) >= 11 is 11.9. The predicted molar refractivity (Wildman–Crippen MR) is 119 cm³/mol. The zero-order chi connectivity index (χ0) is 23.9. The first-order valence-corrected chi connectivity index (χ1v) is 10.1. The van der Waals surface area contributed by atoms with E-state index in [4.69, 9.17) is 28.9 Å². The third-order valence-electron chi connectivity index (χ3n) is 4.77. The number of fused-ring (bicyclic) bond motifs is 1. The molecule has 0 bridgehead atoms. The Morgan fingerprint density at radius 3 is 2.52 bits per heavy atom. The van der Waals surface area contributed by atoms with Crippen molar-refractivity contribution in [1.82, 2.24) is 14.6 Å². The van der Waals surface area contributed by atoms with Crippen molar-refractivity contribution in [2.75, 3.05) is 6.54 Å². The molecule has 0 aliphatic carbocycles. The normalized spacial score (nSPS) is 11.5. The van der Waals surface area contributed by atoms with E-state index in [-0.39, 0.29) is 50.2 Å². The van der Waals surface area contributed by atoms with Gasteiger partial charge in [-0.05, 0) is 35.9 Å². The van der Waals surface area contributed by atoms with Crippen LogP contribution in [0.3, 0.4) is 0 Å². The van der Waals surface area contributed by atoms with Crippen molar-refractivity contribution in [3.63, 3.8) is 0 Å². The van der Waals surface area contributed by atoms with E-state index in [1.165, 1.54) is 30.3 Å². The number of nitrogens with two attached hydrogens (primary N) is 1. The number of nitrogens with zero attached hydrogens (tertiary/aromatic N) is 2. The Bertz CT molecular complexity index is 1510. The minimum atomic E-state index is -4.83. The number of aromatic hydroxyl groups is 1. The molecule has 0 spiro atoms. The minimum absolute atomic E-state index is 0.0448. The van der Waals surface area contributed by atoms with Crippen LogP contribution in [0, 0.1) is 11.8 Å². The van der Waals surface area contributed by atoms with Crippen LogP contribution < -0.4 is 11.3 Å². The van der Waals surface area contributed by atoms with Crippen molar-refractivity contribution in [1.29, 1.82) is 0 Å². The van der Waals surface area contributed by atoms with Gasteiger partial charge in [0, 0.05) is 17.3 Å². The number of H-pyrrole nitrogens is 1. The Balaban J connectivity index is 1.96. The molecule has 4 N–H and O–H groups in total. The van der Waals surface area contributed by atoms with Gasteiger partial charge in [0.15, 0.2) is 5.65 Å². The molecule has 11 heteroatoms. The van der Waals surface area contributed by atoms with Gasteiger partial charge in [0.05, 0.1) is 27.7 Å². The summed E-state index contributed by atoms with van der Waals surface area (Å²) in [5, 5.41) is 12.7. The molecule has 6 nitrogen and oxygen atoms in total. The van der Waals surface area contributed by atoms with Gasteiger partial charge >= 0.3 is 6.18 Å². The molecule has 0 amide bonds. The number of aromatic nitrogens is 3. The van der Waals surface area contributed by atoms with Crippen molar-refractivity contribution < 1.29 is 18.3 Å². The van der Waals surface area contributed by atoms with E-state index in [2.05, 4.69) is 21.9 Å². The molecule has 33 heavy (non-hydrogen) atoms. The zero-order valence-corrected chi connectivity index (χ0v) is 18.0. The number of alkyl halides is 3. The van der Waals surface area contributed by atoms with Crippen LogP contribution in [0.4, 0.5) is 13.2 Å². The monoisotopic (exact) mass is 492 g/mol. The Hall–Kier alpha value is -3.45. The molecule has 168 valence electrons. The maximum absolute atomic E-state index is 13.8. The Kier molecular flexibility index (Phi) is 5.84. The predicted octanol–water partition coefficient (Wildman–Crippen LogP) is 4.70. The van der Waals surface area contributed by atoms with E-state index in [1.54, 1.807) is 6.07 Å². The van der Waals surface area contributed by atoms with Crippen LogP contribution in [0.2, 0.25) is 10.0 Å². The molecule has 0 aliphatic rings. The average Bonchev–Trinajstić information content (AvgIpc) is 3.16. The second-order valence-corrected chi connectivity index (χ2v) is 7.68. The van der Waals surface area contributed by atoms with Crippen molar-refractivity contribution in [2.24, 2.45) is 5.73 Å². The van der Waals surface area contributed by atoms with E-state index < -0.39 is 17.4 Å². The largest absolute Gasteiger partial charge is 0.507 e. The van der Waals surface area contributed by atoms with Crippen molar-refractivity contribution >= 4 is 28.8 Å². The second kappa shape index (κ2) is 8.48. The van der Waals surface area contributed by atoms with Crippen LogP contribution >= 0.6 is 23.2 Å². The van der Waals surface area contributed by atoms with Crippen molar-refractivity contribution in [3.8, 4) is 39.8 Å². The van der Waals surface area contributed by atoms with Crippen LogP contribution in [-0.4, -0.2) is 26.2 Å². The summed E-state index contributed by atoms with van der Waals surface area (Å²) in [4.78, 5) is 17.2. The SMILES string of the molecule is NCC#Cc1ccc(-c2cnc3c(-c4ccc(Cl)c(Cl)c4)c(C(F)(F)F)[nH]n3c2=O)c(O)c1. The van der Waals surface area contributed by atoms with Gasteiger partial charge in [0.25, 0.3) is 5.56 Å². The van der Waals surface area contributed by atoms with Gasteiger partial charge in [0.2, 0.25) is 0 Å². The van der Waals surface area contributed by atoms with Gasteiger partial charge in [-0.25, -0.2) is 4.98 Å². The molecule has 2 aromatic heterocycles. The maximum atomic E-state index is 13.8. The molecule has 4 rings (SSSR count). The van der Waals surface area contributed by atoms with Crippen molar-refractivity contribution in [2.45, 2.75) is 6.18 Å². The molecular weight excluding hydrogens is 480 g/mol. The average molecular weight is 493 g/mol.